The van der Waals surface area contributed by atoms with Crippen molar-refractivity contribution < 1.29 is 0 Å². The molecule has 0 radical (unpaired) electrons. The molecule has 1 aliphatic carbocycles. The highest BCUT2D eigenvalue weighted by atomic mass is 14.9. The van der Waals surface area contributed by atoms with Gasteiger partial charge in [0.2, 0.25) is 0 Å². The molecule has 2 nitrogen and oxygen atoms in total. The third-order valence-electron chi connectivity index (χ3n) is 3.82. The quantitative estimate of drug-likeness (QED) is 0.801. The van der Waals surface area contributed by atoms with Gasteiger partial charge in [-0.05, 0) is 44.4 Å². The number of aromatic nitrogens is 1. The van der Waals surface area contributed by atoms with E-state index in [1.54, 1.807) is 0 Å². The maximum atomic E-state index is 4.40. The van der Waals surface area contributed by atoms with Gasteiger partial charge in [0, 0.05) is 12.2 Å². The van der Waals surface area contributed by atoms with E-state index in [2.05, 4.69) is 29.4 Å². The van der Waals surface area contributed by atoms with Gasteiger partial charge in [-0.25, -0.2) is 0 Å². The molecule has 2 heteroatoms. The monoisotopic (exact) mass is 232 g/mol. The molecule has 0 spiro atoms. The van der Waals surface area contributed by atoms with Gasteiger partial charge in [-0.3, -0.25) is 4.98 Å². The predicted octanol–water partition coefficient (Wildman–Crippen LogP) is 3.70. The highest BCUT2D eigenvalue weighted by Gasteiger charge is 2.13. The average Bonchev–Trinajstić information content (AvgIpc) is 2.65. The first-order valence-electron chi connectivity index (χ1n) is 7.00. The molecule has 1 saturated carbocycles. The first-order chi connectivity index (χ1) is 8.36. The Morgan fingerprint density at radius 3 is 2.65 bits per heavy atom. The Bertz CT molecular complexity index is 302. The molecule has 1 aliphatic rings. The fraction of sp³-hybridized carbons (Fsp3) is 0.667. The van der Waals surface area contributed by atoms with Crippen molar-refractivity contribution >= 4 is 0 Å². The van der Waals surface area contributed by atoms with Gasteiger partial charge in [0.25, 0.3) is 0 Å². The van der Waals surface area contributed by atoms with E-state index in [0.29, 0.717) is 6.04 Å². The van der Waals surface area contributed by atoms with E-state index in [4.69, 9.17) is 0 Å². The second-order valence-corrected chi connectivity index (χ2v) is 5.24. The Balaban J connectivity index is 1.77. The zero-order valence-electron chi connectivity index (χ0n) is 10.9. The SMILES string of the molecule is C[C@H](NCC1CCCCCC1)c1ccccn1. The average molecular weight is 232 g/mol. The van der Waals surface area contributed by atoms with Crippen LogP contribution in [-0.2, 0) is 0 Å². The lowest BCUT2D eigenvalue weighted by molar-refractivity contribution is 0.400. The zero-order chi connectivity index (χ0) is 11.9. The summed E-state index contributed by atoms with van der Waals surface area (Å²) in [6.45, 7) is 3.36. The number of nitrogens with zero attached hydrogens (tertiary/aromatic N) is 1. The summed E-state index contributed by atoms with van der Waals surface area (Å²) < 4.78 is 0. The molecule has 1 aromatic heterocycles. The van der Waals surface area contributed by atoms with Crippen molar-refractivity contribution in [2.45, 2.75) is 51.5 Å². The second-order valence-electron chi connectivity index (χ2n) is 5.24. The molecule has 1 aromatic rings. The lowest BCUT2D eigenvalue weighted by Crippen LogP contribution is -2.26. The fourth-order valence-corrected chi connectivity index (χ4v) is 2.65. The van der Waals surface area contributed by atoms with Crippen molar-refractivity contribution in [1.29, 1.82) is 0 Å². The summed E-state index contributed by atoms with van der Waals surface area (Å²) in [5, 5.41) is 3.63. The molecular formula is C15H24N2. The molecule has 94 valence electrons. The second kappa shape index (κ2) is 6.75. The van der Waals surface area contributed by atoms with Crippen LogP contribution in [0.25, 0.3) is 0 Å². The minimum absolute atomic E-state index is 0.374. The van der Waals surface area contributed by atoms with Gasteiger partial charge in [-0.1, -0.05) is 31.7 Å². The standard InChI is InChI=1S/C15H24N2/c1-13(15-10-6-7-11-16-15)17-12-14-8-4-2-3-5-9-14/h6-7,10-11,13-14,17H,2-5,8-9,12H2,1H3/t13-/m0/s1. The van der Waals surface area contributed by atoms with Gasteiger partial charge >= 0.3 is 0 Å². The van der Waals surface area contributed by atoms with Crippen LogP contribution in [0, 0.1) is 5.92 Å². The van der Waals surface area contributed by atoms with Crippen LogP contribution in [0.1, 0.15) is 57.2 Å². The van der Waals surface area contributed by atoms with Crippen LogP contribution in [0.3, 0.4) is 0 Å². The molecule has 0 unspecified atom stereocenters. The van der Waals surface area contributed by atoms with Crippen LogP contribution in [-0.4, -0.2) is 11.5 Å². The fourth-order valence-electron chi connectivity index (χ4n) is 2.65. The smallest absolute Gasteiger partial charge is 0.0570 e. The van der Waals surface area contributed by atoms with Crippen molar-refractivity contribution in [1.82, 2.24) is 10.3 Å². The number of nitrogens with one attached hydrogen (secondary N) is 1. The van der Waals surface area contributed by atoms with Crippen molar-refractivity contribution in [3.8, 4) is 0 Å². The van der Waals surface area contributed by atoms with Crippen molar-refractivity contribution in [3.05, 3.63) is 30.1 Å². The molecule has 0 aliphatic heterocycles. The Kier molecular flexibility index (Phi) is 4.99. The number of rotatable bonds is 4. The van der Waals surface area contributed by atoms with Crippen molar-refractivity contribution in [3.63, 3.8) is 0 Å². The summed E-state index contributed by atoms with van der Waals surface area (Å²) in [6.07, 6.45) is 10.4. The molecule has 0 amide bonds. The molecule has 2 rings (SSSR count). The third kappa shape index (κ3) is 4.12. The topological polar surface area (TPSA) is 24.9 Å². The Labute approximate surface area is 105 Å². The molecule has 0 bridgehead atoms. The van der Waals surface area contributed by atoms with Gasteiger partial charge in [0.15, 0.2) is 0 Å². The van der Waals surface area contributed by atoms with E-state index in [0.717, 1.165) is 18.2 Å². The maximum Gasteiger partial charge on any atom is 0.0570 e. The van der Waals surface area contributed by atoms with Gasteiger partial charge in [0.1, 0.15) is 0 Å². The number of hydrogen-bond acceptors (Lipinski definition) is 2. The van der Waals surface area contributed by atoms with E-state index in [-0.39, 0.29) is 0 Å². The first-order valence-corrected chi connectivity index (χ1v) is 7.00. The van der Waals surface area contributed by atoms with E-state index < -0.39 is 0 Å². The predicted molar refractivity (Wildman–Crippen MR) is 71.8 cm³/mol. The summed E-state index contributed by atoms with van der Waals surface area (Å²) in [6, 6.07) is 6.51. The molecule has 17 heavy (non-hydrogen) atoms. The molecule has 1 atom stereocenters. The molecule has 1 heterocycles. The molecule has 1 N–H and O–H groups in total. The van der Waals surface area contributed by atoms with Gasteiger partial charge in [0.05, 0.1) is 5.69 Å². The number of pyridine rings is 1. The minimum atomic E-state index is 0.374. The van der Waals surface area contributed by atoms with E-state index in [9.17, 15) is 0 Å². The summed E-state index contributed by atoms with van der Waals surface area (Å²) >= 11 is 0. The zero-order valence-corrected chi connectivity index (χ0v) is 10.9. The van der Waals surface area contributed by atoms with E-state index in [1.165, 1.54) is 38.5 Å². The van der Waals surface area contributed by atoms with Crippen LogP contribution in [0.4, 0.5) is 0 Å². The molecule has 0 aromatic carbocycles. The van der Waals surface area contributed by atoms with Crippen LogP contribution in [0.15, 0.2) is 24.4 Å². The lowest BCUT2D eigenvalue weighted by Gasteiger charge is -2.19. The van der Waals surface area contributed by atoms with Crippen LogP contribution in [0.5, 0.6) is 0 Å². The van der Waals surface area contributed by atoms with Gasteiger partial charge in [-0.15, -0.1) is 0 Å². The molecular weight excluding hydrogens is 208 g/mol. The van der Waals surface area contributed by atoms with Crippen molar-refractivity contribution in [2.24, 2.45) is 5.92 Å². The Morgan fingerprint density at radius 2 is 2.00 bits per heavy atom. The largest absolute Gasteiger partial charge is 0.309 e. The Hall–Kier alpha value is -0.890. The van der Waals surface area contributed by atoms with Crippen LogP contribution < -0.4 is 5.32 Å². The minimum Gasteiger partial charge on any atom is -0.309 e. The highest BCUT2D eigenvalue weighted by molar-refractivity contribution is 5.07. The van der Waals surface area contributed by atoms with E-state index in [1.807, 2.05) is 12.3 Å². The van der Waals surface area contributed by atoms with Crippen LogP contribution >= 0.6 is 0 Å². The number of hydrogen-bond donors (Lipinski definition) is 1. The first kappa shape index (κ1) is 12.6. The summed E-state index contributed by atoms with van der Waals surface area (Å²) in [5.74, 6) is 0.878. The summed E-state index contributed by atoms with van der Waals surface area (Å²) in [5.41, 5.74) is 1.15. The lowest BCUT2D eigenvalue weighted by atomic mass is 10.00. The Morgan fingerprint density at radius 1 is 1.24 bits per heavy atom. The van der Waals surface area contributed by atoms with E-state index >= 15 is 0 Å². The third-order valence-corrected chi connectivity index (χ3v) is 3.82. The van der Waals surface area contributed by atoms with Gasteiger partial charge in [-0.2, -0.15) is 0 Å². The van der Waals surface area contributed by atoms with Crippen molar-refractivity contribution in [2.75, 3.05) is 6.54 Å². The molecule has 0 saturated heterocycles. The molecule has 1 fully saturated rings. The summed E-state index contributed by atoms with van der Waals surface area (Å²) in [4.78, 5) is 4.40. The normalized spacial score (nSPS) is 19.8. The summed E-state index contributed by atoms with van der Waals surface area (Å²) in [7, 11) is 0. The van der Waals surface area contributed by atoms with Gasteiger partial charge < -0.3 is 5.32 Å². The highest BCUT2D eigenvalue weighted by Crippen LogP contribution is 2.22. The maximum absolute atomic E-state index is 4.40. The van der Waals surface area contributed by atoms with Crippen LogP contribution in [0.2, 0.25) is 0 Å².